The van der Waals surface area contributed by atoms with E-state index in [9.17, 15) is 4.79 Å². The molecule has 2 aromatic heterocycles. The first-order valence-corrected chi connectivity index (χ1v) is 12.0. The van der Waals surface area contributed by atoms with Gasteiger partial charge in [-0.2, -0.15) is 0 Å². The summed E-state index contributed by atoms with van der Waals surface area (Å²) < 4.78 is 2.24. The summed E-state index contributed by atoms with van der Waals surface area (Å²) in [5, 5.41) is 9.07. The number of carbonyl (C=O) groups is 1. The summed E-state index contributed by atoms with van der Waals surface area (Å²) in [6.07, 6.45) is 0.819. The molecule has 0 unspecified atom stereocenters. The molecule has 0 bridgehead atoms. The van der Waals surface area contributed by atoms with Crippen molar-refractivity contribution in [2.24, 2.45) is 5.73 Å². The Labute approximate surface area is 213 Å². The van der Waals surface area contributed by atoms with E-state index in [1.807, 2.05) is 67.6 Å². The molecule has 5 rings (SSSR count). The van der Waals surface area contributed by atoms with Crippen LogP contribution in [0.15, 0.2) is 71.5 Å². The van der Waals surface area contributed by atoms with Gasteiger partial charge in [0.2, 0.25) is 0 Å². The average Bonchev–Trinajstić information content (AvgIpc) is 3.17. The molecule has 4 N–H and O–H groups in total. The maximum atomic E-state index is 13.3. The van der Waals surface area contributed by atoms with Gasteiger partial charge in [0.1, 0.15) is 5.69 Å². The number of hydrogen-bond donors (Lipinski definition) is 3. The number of aromatic nitrogens is 3. The van der Waals surface area contributed by atoms with Gasteiger partial charge < -0.3 is 20.4 Å². The van der Waals surface area contributed by atoms with E-state index < -0.39 is 5.97 Å². The van der Waals surface area contributed by atoms with Crippen molar-refractivity contribution in [3.8, 4) is 22.5 Å². The van der Waals surface area contributed by atoms with E-state index in [-0.39, 0.29) is 5.56 Å². The number of aryl methyl sites for hydroxylation is 2. The van der Waals surface area contributed by atoms with Crippen molar-refractivity contribution in [2.75, 3.05) is 6.54 Å². The van der Waals surface area contributed by atoms with E-state index in [0.29, 0.717) is 17.3 Å². The number of carboxylic acids is 1. The molecule has 0 fully saturated rings. The van der Waals surface area contributed by atoms with Crippen LogP contribution in [0.25, 0.3) is 44.5 Å². The fraction of sp³-hybridized carbons (Fsp3) is 0.179. The number of aromatic amines is 1. The Kier molecular flexibility index (Phi) is 7.52. The number of aliphatic carboxylic acids is 1. The van der Waals surface area contributed by atoms with Crippen molar-refractivity contribution < 1.29 is 9.90 Å². The smallest absolute Gasteiger partial charge is 0.300 e. The number of benzene rings is 3. The predicted molar refractivity (Wildman–Crippen MR) is 145 cm³/mol. The molecule has 0 saturated heterocycles. The maximum Gasteiger partial charge on any atom is 0.300 e. The molecule has 0 amide bonds. The number of hydrogen-bond acceptors (Lipinski definition) is 4. The van der Waals surface area contributed by atoms with Crippen molar-refractivity contribution in [3.63, 3.8) is 0 Å². The van der Waals surface area contributed by atoms with Crippen molar-refractivity contribution >= 4 is 39.5 Å². The summed E-state index contributed by atoms with van der Waals surface area (Å²) in [7, 11) is 0. The number of nitrogens with two attached hydrogens (primary N) is 1. The molecule has 7 nitrogen and oxygen atoms in total. The fourth-order valence-electron chi connectivity index (χ4n) is 4.35. The number of halogens is 1. The highest BCUT2D eigenvalue weighted by atomic mass is 35.5. The Hall–Kier alpha value is -3.94. The number of para-hydroxylation sites is 2. The second-order valence-electron chi connectivity index (χ2n) is 8.44. The van der Waals surface area contributed by atoms with Gasteiger partial charge in [0.15, 0.2) is 0 Å². The zero-order valence-corrected chi connectivity index (χ0v) is 20.8. The molecular weight excluding hydrogens is 476 g/mol. The normalized spacial score (nSPS) is 10.9. The summed E-state index contributed by atoms with van der Waals surface area (Å²) in [6.45, 7) is 4.37. The molecule has 36 heavy (non-hydrogen) atoms. The highest BCUT2D eigenvalue weighted by molar-refractivity contribution is 6.30. The number of H-pyrrole nitrogens is 1. The SMILES string of the molecule is CC(=O)O.Cc1cccc2nc(-c3c(-c4ccc(Cl)cc4)n(CCCN)c4ccccc34)c(=O)[nH]c12. The van der Waals surface area contributed by atoms with Crippen LogP contribution in [0.5, 0.6) is 0 Å². The quantitative estimate of drug-likeness (QED) is 0.289. The molecule has 0 atom stereocenters. The van der Waals surface area contributed by atoms with Crippen LogP contribution < -0.4 is 11.3 Å². The third-order valence-electron chi connectivity index (χ3n) is 5.85. The van der Waals surface area contributed by atoms with Gasteiger partial charge in [-0.15, -0.1) is 0 Å². The third-order valence-corrected chi connectivity index (χ3v) is 6.10. The van der Waals surface area contributed by atoms with E-state index in [4.69, 9.17) is 32.2 Å². The topological polar surface area (TPSA) is 114 Å². The Balaban J connectivity index is 0.000000709. The number of fused-ring (bicyclic) bond motifs is 2. The Morgan fingerprint density at radius 2 is 1.78 bits per heavy atom. The second-order valence-corrected chi connectivity index (χ2v) is 8.88. The number of carboxylic acid groups (broad SMARTS) is 1. The lowest BCUT2D eigenvalue weighted by molar-refractivity contribution is -0.134. The number of nitrogens with zero attached hydrogens (tertiary/aromatic N) is 2. The fourth-order valence-corrected chi connectivity index (χ4v) is 4.48. The molecule has 0 aliphatic rings. The standard InChI is InChI=1S/C26H23ClN4O.C2H4O2/c1-16-6-4-8-20-23(16)30-26(32)24(29-20)22-19-7-2-3-9-21(19)31(15-5-14-28)25(22)17-10-12-18(27)13-11-17;1-2(3)4/h2-4,6-13H,5,14-15,28H2,1H3,(H,30,32);1H3,(H,3,4). The van der Waals surface area contributed by atoms with Gasteiger partial charge in [-0.05, 0) is 55.3 Å². The molecule has 0 spiro atoms. The Bertz CT molecular complexity index is 1600. The highest BCUT2D eigenvalue weighted by Crippen LogP contribution is 2.40. The second kappa shape index (κ2) is 10.8. The molecule has 8 heteroatoms. The minimum absolute atomic E-state index is 0.205. The predicted octanol–water partition coefficient (Wildman–Crippen LogP) is 5.61. The molecule has 0 aliphatic heterocycles. The van der Waals surface area contributed by atoms with Crippen LogP contribution in [-0.4, -0.2) is 32.2 Å². The van der Waals surface area contributed by atoms with Crippen molar-refractivity contribution in [3.05, 3.63) is 87.7 Å². The molecule has 0 aliphatic carbocycles. The van der Waals surface area contributed by atoms with Crippen LogP contribution in [0.3, 0.4) is 0 Å². The molecule has 184 valence electrons. The zero-order valence-electron chi connectivity index (χ0n) is 20.1. The van der Waals surface area contributed by atoms with E-state index in [0.717, 1.165) is 64.2 Å². The first-order chi connectivity index (χ1) is 17.3. The lowest BCUT2D eigenvalue weighted by atomic mass is 10.0. The summed E-state index contributed by atoms with van der Waals surface area (Å²) in [5.41, 5.74) is 12.4. The van der Waals surface area contributed by atoms with Gasteiger partial charge in [0.25, 0.3) is 11.5 Å². The van der Waals surface area contributed by atoms with E-state index in [2.05, 4.69) is 15.6 Å². The highest BCUT2D eigenvalue weighted by Gasteiger charge is 2.23. The van der Waals surface area contributed by atoms with Crippen LogP contribution >= 0.6 is 11.6 Å². The van der Waals surface area contributed by atoms with Gasteiger partial charge in [-0.25, -0.2) is 4.98 Å². The third kappa shape index (κ3) is 5.03. The molecular formula is C28H27ClN4O3. The monoisotopic (exact) mass is 502 g/mol. The molecule has 2 heterocycles. The number of nitrogens with one attached hydrogen (secondary N) is 1. The summed E-state index contributed by atoms with van der Waals surface area (Å²) in [6, 6.07) is 21.7. The van der Waals surface area contributed by atoms with E-state index in [1.165, 1.54) is 0 Å². The van der Waals surface area contributed by atoms with Crippen molar-refractivity contribution in [2.45, 2.75) is 26.8 Å². The Morgan fingerprint density at radius 1 is 1.08 bits per heavy atom. The summed E-state index contributed by atoms with van der Waals surface area (Å²) in [4.78, 5) is 30.2. The van der Waals surface area contributed by atoms with Crippen LogP contribution in [0.1, 0.15) is 18.9 Å². The zero-order chi connectivity index (χ0) is 25.8. The van der Waals surface area contributed by atoms with Crippen molar-refractivity contribution in [1.82, 2.24) is 14.5 Å². The lowest BCUT2D eigenvalue weighted by Gasteiger charge is -2.13. The molecule has 3 aromatic carbocycles. The molecule has 0 radical (unpaired) electrons. The van der Waals surface area contributed by atoms with Gasteiger partial charge in [0.05, 0.1) is 16.7 Å². The van der Waals surface area contributed by atoms with Gasteiger partial charge in [-0.3, -0.25) is 9.59 Å². The molecule has 5 aromatic rings. The average molecular weight is 503 g/mol. The first-order valence-electron chi connectivity index (χ1n) is 11.6. The van der Waals surface area contributed by atoms with Crippen LogP contribution in [-0.2, 0) is 11.3 Å². The first kappa shape index (κ1) is 25.2. The lowest BCUT2D eigenvalue weighted by Crippen LogP contribution is -2.13. The minimum atomic E-state index is -0.833. The van der Waals surface area contributed by atoms with Gasteiger partial charge in [0, 0.05) is 35.0 Å². The van der Waals surface area contributed by atoms with Gasteiger partial charge >= 0.3 is 0 Å². The largest absolute Gasteiger partial charge is 0.481 e. The maximum absolute atomic E-state index is 13.3. The summed E-state index contributed by atoms with van der Waals surface area (Å²) >= 11 is 6.17. The molecule has 0 saturated carbocycles. The Morgan fingerprint density at radius 3 is 2.47 bits per heavy atom. The van der Waals surface area contributed by atoms with E-state index >= 15 is 0 Å². The van der Waals surface area contributed by atoms with Crippen LogP contribution in [0.4, 0.5) is 0 Å². The van der Waals surface area contributed by atoms with Crippen LogP contribution in [0, 0.1) is 6.92 Å². The van der Waals surface area contributed by atoms with Gasteiger partial charge in [-0.1, -0.05) is 54.1 Å². The summed E-state index contributed by atoms with van der Waals surface area (Å²) in [5.74, 6) is -0.833. The van der Waals surface area contributed by atoms with E-state index in [1.54, 1.807) is 0 Å². The number of rotatable bonds is 5. The van der Waals surface area contributed by atoms with Crippen molar-refractivity contribution in [1.29, 1.82) is 0 Å². The van der Waals surface area contributed by atoms with Crippen LogP contribution in [0.2, 0.25) is 5.02 Å². The minimum Gasteiger partial charge on any atom is -0.481 e.